The standard InChI is InChI=1S/C16H17ClN4O2S2/c1-11-2-4-12(5-3-11)10-15-19-14(20-21-15)8-9-18-25(22,23)16-7-6-13(17)24-16/h2-7,18H,8-10H2,1H3,(H,19,20,21). The Balaban J connectivity index is 1.54. The second-order valence-electron chi connectivity index (χ2n) is 5.57. The predicted octanol–water partition coefficient (Wildman–Crippen LogP) is 2.94. The summed E-state index contributed by atoms with van der Waals surface area (Å²) in [5.74, 6) is 1.33. The fourth-order valence-electron chi connectivity index (χ4n) is 2.24. The monoisotopic (exact) mass is 396 g/mol. The highest BCUT2D eigenvalue weighted by molar-refractivity contribution is 7.91. The van der Waals surface area contributed by atoms with Crippen LogP contribution in [-0.2, 0) is 22.9 Å². The topological polar surface area (TPSA) is 87.7 Å². The van der Waals surface area contributed by atoms with Crippen molar-refractivity contribution in [1.82, 2.24) is 19.9 Å². The summed E-state index contributed by atoms with van der Waals surface area (Å²) in [4.78, 5) is 4.40. The highest BCUT2D eigenvalue weighted by Crippen LogP contribution is 2.25. The maximum Gasteiger partial charge on any atom is 0.250 e. The largest absolute Gasteiger partial charge is 0.263 e. The number of thiophene rings is 1. The van der Waals surface area contributed by atoms with Crippen molar-refractivity contribution in [3.05, 3.63) is 63.5 Å². The van der Waals surface area contributed by atoms with Crippen LogP contribution < -0.4 is 4.72 Å². The van der Waals surface area contributed by atoms with E-state index in [0.717, 1.165) is 22.7 Å². The number of benzene rings is 1. The summed E-state index contributed by atoms with van der Waals surface area (Å²) in [6.07, 6.45) is 1.06. The van der Waals surface area contributed by atoms with Gasteiger partial charge in [-0.1, -0.05) is 41.4 Å². The van der Waals surface area contributed by atoms with Gasteiger partial charge in [-0.15, -0.1) is 11.3 Å². The Bertz CT molecular complexity index is 949. The van der Waals surface area contributed by atoms with Gasteiger partial charge in [-0.2, -0.15) is 5.10 Å². The lowest BCUT2D eigenvalue weighted by Crippen LogP contribution is -2.25. The molecule has 0 spiro atoms. The third-order valence-electron chi connectivity index (χ3n) is 3.52. The molecule has 25 heavy (non-hydrogen) atoms. The molecule has 2 N–H and O–H groups in total. The van der Waals surface area contributed by atoms with Gasteiger partial charge in [0.15, 0.2) is 5.82 Å². The minimum atomic E-state index is -3.54. The van der Waals surface area contributed by atoms with E-state index >= 15 is 0 Å². The van der Waals surface area contributed by atoms with Crippen molar-refractivity contribution < 1.29 is 8.42 Å². The molecule has 6 nitrogen and oxygen atoms in total. The van der Waals surface area contributed by atoms with Crippen molar-refractivity contribution in [2.24, 2.45) is 0 Å². The molecule has 2 heterocycles. The van der Waals surface area contributed by atoms with Crippen molar-refractivity contribution in [3.63, 3.8) is 0 Å². The van der Waals surface area contributed by atoms with Gasteiger partial charge in [0.1, 0.15) is 10.0 Å². The number of rotatable bonds is 7. The number of hydrogen-bond donors (Lipinski definition) is 2. The van der Waals surface area contributed by atoms with Crippen LogP contribution in [0, 0.1) is 6.92 Å². The molecule has 0 amide bonds. The molecule has 0 fully saturated rings. The number of aromatic nitrogens is 3. The van der Waals surface area contributed by atoms with Crippen LogP contribution in [0.5, 0.6) is 0 Å². The molecule has 0 atom stereocenters. The first-order chi connectivity index (χ1) is 11.9. The lowest BCUT2D eigenvalue weighted by molar-refractivity contribution is 0.583. The number of H-pyrrole nitrogens is 1. The van der Waals surface area contributed by atoms with E-state index in [1.165, 1.54) is 11.6 Å². The lowest BCUT2D eigenvalue weighted by atomic mass is 10.1. The Hall–Kier alpha value is -1.74. The van der Waals surface area contributed by atoms with Crippen LogP contribution in [0.25, 0.3) is 0 Å². The highest BCUT2D eigenvalue weighted by Gasteiger charge is 2.16. The Morgan fingerprint density at radius 3 is 2.64 bits per heavy atom. The summed E-state index contributed by atoms with van der Waals surface area (Å²) in [5, 5.41) is 7.03. The summed E-state index contributed by atoms with van der Waals surface area (Å²) in [6.45, 7) is 2.27. The fourth-order valence-corrected chi connectivity index (χ4v) is 4.79. The SMILES string of the molecule is Cc1ccc(Cc2nc(CCNS(=O)(=O)c3ccc(Cl)s3)n[nH]2)cc1. The Labute approximate surface area is 155 Å². The van der Waals surface area contributed by atoms with Crippen LogP contribution >= 0.6 is 22.9 Å². The minimum absolute atomic E-state index is 0.201. The zero-order valence-electron chi connectivity index (χ0n) is 13.5. The van der Waals surface area contributed by atoms with Gasteiger partial charge in [0.05, 0.1) is 4.34 Å². The van der Waals surface area contributed by atoms with Crippen LogP contribution in [0.4, 0.5) is 0 Å². The van der Waals surface area contributed by atoms with Gasteiger partial charge in [0.25, 0.3) is 0 Å². The van der Waals surface area contributed by atoms with Crippen LogP contribution in [0.2, 0.25) is 4.34 Å². The van der Waals surface area contributed by atoms with E-state index < -0.39 is 10.0 Å². The number of hydrogen-bond acceptors (Lipinski definition) is 5. The molecule has 3 aromatic rings. The van der Waals surface area contributed by atoms with Gasteiger partial charge in [-0.25, -0.2) is 18.1 Å². The summed E-state index contributed by atoms with van der Waals surface area (Å²) in [6, 6.07) is 11.3. The van der Waals surface area contributed by atoms with E-state index in [1.54, 1.807) is 6.07 Å². The van der Waals surface area contributed by atoms with Crippen LogP contribution in [0.3, 0.4) is 0 Å². The van der Waals surface area contributed by atoms with Gasteiger partial charge in [-0.05, 0) is 24.6 Å². The first-order valence-corrected chi connectivity index (χ1v) is 10.3. The number of sulfonamides is 1. The first-order valence-electron chi connectivity index (χ1n) is 7.63. The molecule has 0 unspecified atom stereocenters. The van der Waals surface area contributed by atoms with Crippen molar-refractivity contribution in [1.29, 1.82) is 0 Å². The summed E-state index contributed by atoms with van der Waals surface area (Å²) >= 11 is 6.80. The molecule has 0 aliphatic rings. The molecular formula is C16H17ClN4O2S2. The summed E-state index contributed by atoms with van der Waals surface area (Å²) in [5.41, 5.74) is 2.35. The van der Waals surface area contributed by atoms with Gasteiger partial charge in [-0.3, -0.25) is 5.10 Å². The van der Waals surface area contributed by atoms with Crippen molar-refractivity contribution in [2.75, 3.05) is 6.54 Å². The lowest BCUT2D eigenvalue weighted by Gasteiger charge is -2.02. The fraction of sp³-hybridized carbons (Fsp3) is 0.250. The zero-order chi connectivity index (χ0) is 17.9. The molecule has 0 bridgehead atoms. The molecule has 2 aromatic heterocycles. The highest BCUT2D eigenvalue weighted by atomic mass is 35.5. The van der Waals surface area contributed by atoms with Crippen LogP contribution in [-0.4, -0.2) is 30.1 Å². The van der Waals surface area contributed by atoms with Crippen molar-refractivity contribution in [3.8, 4) is 0 Å². The molecule has 0 saturated heterocycles. The third-order valence-corrected chi connectivity index (χ3v) is 6.71. The Morgan fingerprint density at radius 2 is 1.96 bits per heavy atom. The summed E-state index contributed by atoms with van der Waals surface area (Å²) in [7, 11) is -3.54. The van der Waals surface area contributed by atoms with E-state index in [1.807, 2.05) is 6.92 Å². The molecule has 0 radical (unpaired) electrons. The summed E-state index contributed by atoms with van der Waals surface area (Å²) < 4.78 is 27.4. The first kappa shape index (κ1) is 18.1. The van der Waals surface area contributed by atoms with E-state index in [0.29, 0.717) is 23.0 Å². The number of aromatic amines is 1. The number of nitrogens with one attached hydrogen (secondary N) is 2. The molecule has 0 saturated carbocycles. The van der Waals surface area contributed by atoms with E-state index in [4.69, 9.17) is 11.6 Å². The second-order valence-corrected chi connectivity index (χ2v) is 9.28. The Morgan fingerprint density at radius 1 is 1.20 bits per heavy atom. The average Bonchev–Trinajstić information content (AvgIpc) is 3.19. The average molecular weight is 397 g/mol. The molecule has 9 heteroatoms. The number of aryl methyl sites for hydroxylation is 1. The molecule has 3 rings (SSSR count). The predicted molar refractivity (Wildman–Crippen MR) is 98.6 cm³/mol. The maximum absolute atomic E-state index is 12.1. The smallest absolute Gasteiger partial charge is 0.250 e. The van der Waals surface area contributed by atoms with Crippen LogP contribution in [0.1, 0.15) is 22.8 Å². The third kappa shape index (κ3) is 4.88. The van der Waals surface area contributed by atoms with E-state index in [2.05, 4.69) is 44.2 Å². The minimum Gasteiger partial charge on any atom is -0.263 e. The van der Waals surface area contributed by atoms with Crippen molar-refractivity contribution in [2.45, 2.75) is 24.0 Å². The molecule has 0 aliphatic heterocycles. The maximum atomic E-state index is 12.1. The van der Waals surface area contributed by atoms with Gasteiger partial charge >= 0.3 is 0 Å². The second kappa shape index (κ2) is 7.65. The zero-order valence-corrected chi connectivity index (χ0v) is 15.9. The van der Waals surface area contributed by atoms with Gasteiger partial charge in [0.2, 0.25) is 10.0 Å². The normalized spacial score (nSPS) is 11.8. The number of halogens is 1. The molecule has 0 aliphatic carbocycles. The molecule has 1 aromatic carbocycles. The molecule has 132 valence electrons. The molecular weight excluding hydrogens is 380 g/mol. The van der Waals surface area contributed by atoms with Crippen molar-refractivity contribution >= 4 is 33.0 Å². The van der Waals surface area contributed by atoms with Gasteiger partial charge < -0.3 is 0 Å². The quantitative estimate of drug-likeness (QED) is 0.642. The Kier molecular flexibility index (Phi) is 5.53. The van der Waals surface area contributed by atoms with Crippen LogP contribution in [0.15, 0.2) is 40.6 Å². The van der Waals surface area contributed by atoms with Gasteiger partial charge in [0, 0.05) is 19.4 Å². The number of nitrogens with zero attached hydrogens (tertiary/aromatic N) is 2. The van der Waals surface area contributed by atoms with E-state index in [-0.39, 0.29) is 10.8 Å². The van der Waals surface area contributed by atoms with E-state index in [9.17, 15) is 8.42 Å².